The van der Waals surface area contributed by atoms with Crippen molar-refractivity contribution >= 4 is 46.0 Å². The predicted octanol–water partition coefficient (Wildman–Crippen LogP) is 5.27. The van der Waals surface area contributed by atoms with E-state index in [-0.39, 0.29) is 5.91 Å². The average molecular weight is 351 g/mol. The van der Waals surface area contributed by atoms with Gasteiger partial charge < -0.3 is 0 Å². The van der Waals surface area contributed by atoms with Gasteiger partial charge in [-0.2, -0.15) is 0 Å². The summed E-state index contributed by atoms with van der Waals surface area (Å²) < 4.78 is 0.575. The summed E-state index contributed by atoms with van der Waals surface area (Å²) >= 11 is 6.76. The third kappa shape index (κ3) is 3.50. The summed E-state index contributed by atoms with van der Waals surface area (Å²) in [7, 11) is 0. The summed E-state index contributed by atoms with van der Waals surface area (Å²) in [5.74, 6) is -0.0605. The highest BCUT2D eigenvalue weighted by Crippen LogP contribution is 2.36. The molecule has 0 atom stereocenters. The van der Waals surface area contributed by atoms with Crippen molar-refractivity contribution in [2.45, 2.75) is 13.8 Å². The van der Waals surface area contributed by atoms with E-state index in [0.717, 1.165) is 16.8 Å². The van der Waals surface area contributed by atoms with Gasteiger partial charge in [0.1, 0.15) is 0 Å². The van der Waals surface area contributed by atoms with Gasteiger partial charge in [0.05, 0.1) is 10.6 Å². The number of aryl methyl sites for hydroxylation is 2. The molecule has 3 rings (SSSR count). The number of amides is 1. The molecule has 0 bridgehead atoms. The molecule has 1 aliphatic rings. The van der Waals surface area contributed by atoms with Crippen LogP contribution in [0.15, 0.2) is 65.6 Å². The first-order valence-electron chi connectivity index (χ1n) is 7.63. The highest BCUT2D eigenvalue weighted by molar-refractivity contribution is 8.27. The third-order valence-electron chi connectivity index (χ3n) is 3.72. The quantitative estimate of drug-likeness (QED) is 0.555. The number of carbonyl (C=O) groups excluding carboxylic acids is 1. The minimum Gasteiger partial charge on any atom is -0.268 e. The van der Waals surface area contributed by atoms with Crippen molar-refractivity contribution in [3.8, 4) is 0 Å². The molecule has 2 aromatic rings. The highest BCUT2D eigenvalue weighted by atomic mass is 32.2. The van der Waals surface area contributed by atoms with Crippen LogP contribution in [0.2, 0.25) is 0 Å². The topological polar surface area (TPSA) is 20.3 Å². The molecule has 4 heteroatoms. The predicted molar refractivity (Wildman–Crippen MR) is 107 cm³/mol. The molecule has 1 saturated heterocycles. The van der Waals surface area contributed by atoms with Crippen LogP contribution in [0.4, 0.5) is 5.69 Å². The molecule has 24 heavy (non-hydrogen) atoms. The Morgan fingerprint density at radius 3 is 2.54 bits per heavy atom. The van der Waals surface area contributed by atoms with Gasteiger partial charge in [-0.05, 0) is 37.1 Å². The van der Waals surface area contributed by atoms with E-state index in [1.165, 1.54) is 17.3 Å². The van der Waals surface area contributed by atoms with E-state index in [2.05, 4.69) is 6.07 Å². The van der Waals surface area contributed by atoms with E-state index in [4.69, 9.17) is 12.2 Å². The lowest BCUT2D eigenvalue weighted by atomic mass is 10.1. The number of benzene rings is 2. The fraction of sp³-hybridized carbons (Fsp3) is 0.100. The normalized spacial score (nSPS) is 16.6. The van der Waals surface area contributed by atoms with Crippen LogP contribution in [-0.4, -0.2) is 10.2 Å². The van der Waals surface area contributed by atoms with Crippen molar-refractivity contribution in [1.29, 1.82) is 0 Å². The number of thiocarbonyl (C=S) groups is 1. The Morgan fingerprint density at radius 1 is 1.08 bits per heavy atom. The van der Waals surface area contributed by atoms with E-state index in [9.17, 15) is 4.79 Å². The first-order valence-corrected chi connectivity index (χ1v) is 8.85. The molecule has 0 spiro atoms. The molecule has 120 valence electrons. The molecule has 0 N–H and O–H groups in total. The molecule has 1 amide bonds. The number of thioether (sulfide) groups is 1. The highest BCUT2D eigenvalue weighted by Gasteiger charge is 2.33. The zero-order valence-corrected chi connectivity index (χ0v) is 15.2. The van der Waals surface area contributed by atoms with Gasteiger partial charge in [-0.25, -0.2) is 0 Å². The molecule has 2 aromatic carbocycles. The lowest BCUT2D eigenvalue weighted by Crippen LogP contribution is -2.28. The fourth-order valence-corrected chi connectivity index (χ4v) is 3.79. The molecule has 2 nitrogen and oxygen atoms in total. The molecule has 1 aliphatic heterocycles. The minimum atomic E-state index is -0.0605. The number of carbonyl (C=O) groups is 1. The summed E-state index contributed by atoms with van der Waals surface area (Å²) in [5.41, 5.74) is 4.17. The lowest BCUT2D eigenvalue weighted by Gasteiger charge is -2.17. The zero-order valence-electron chi connectivity index (χ0n) is 13.5. The molecular formula is C20H17NOS2. The van der Waals surface area contributed by atoms with Crippen LogP contribution < -0.4 is 4.90 Å². The Labute approximate surface area is 151 Å². The van der Waals surface area contributed by atoms with Crippen LogP contribution in [0.25, 0.3) is 6.08 Å². The third-order valence-corrected chi connectivity index (χ3v) is 5.04. The van der Waals surface area contributed by atoms with Crippen LogP contribution >= 0.6 is 24.0 Å². The Hall–Kier alpha value is -2.17. The lowest BCUT2D eigenvalue weighted by molar-refractivity contribution is -0.113. The van der Waals surface area contributed by atoms with Gasteiger partial charge in [-0.3, -0.25) is 9.69 Å². The largest absolute Gasteiger partial charge is 0.270 e. The van der Waals surface area contributed by atoms with Crippen molar-refractivity contribution in [2.24, 2.45) is 0 Å². The Morgan fingerprint density at radius 2 is 1.83 bits per heavy atom. The van der Waals surface area contributed by atoms with Gasteiger partial charge >= 0.3 is 0 Å². The van der Waals surface area contributed by atoms with Crippen molar-refractivity contribution < 1.29 is 4.79 Å². The van der Waals surface area contributed by atoms with Crippen LogP contribution in [-0.2, 0) is 4.79 Å². The first-order chi connectivity index (χ1) is 11.6. The van der Waals surface area contributed by atoms with E-state index in [1.54, 1.807) is 4.90 Å². The molecule has 0 radical (unpaired) electrons. The fourth-order valence-electron chi connectivity index (χ4n) is 2.56. The van der Waals surface area contributed by atoms with Gasteiger partial charge in [-0.15, -0.1) is 0 Å². The number of nitrogens with zero attached hydrogens (tertiary/aromatic N) is 1. The van der Waals surface area contributed by atoms with Crippen LogP contribution in [0.3, 0.4) is 0 Å². The summed E-state index contributed by atoms with van der Waals surface area (Å²) in [6.45, 7) is 4.04. The maximum atomic E-state index is 12.7. The van der Waals surface area contributed by atoms with Crippen molar-refractivity contribution in [2.75, 3.05) is 4.90 Å². The van der Waals surface area contributed by atoms with Gasteiger partial charge in [-0.1, -0.05) is 84.2 Å². The SMILES string of the molecule is Cc1ccc(N2C(=O)/C(=C/C=C\c3ccccc3)SC2=S)c(C)c1. The second-order valence-corrected chi connectivity index (χ2v) is 7.27. The standard InChI is InChI=1S/C20H17NOS2/c1-14-11-12-17(15(2)13-14)21-19(22)18(24-20(21)23)10-6-9-16-7-4-3-5-8-16/h3-13H,1-2H3/b9-6-,18-10-. The van der Waals surface area contributed by atoms with Gasteiger partial charge in [0.15, 0.2) is 4.32 Å². The summed E-state index contributed by atoms with van der Waals surface area (Å²) in [6.07, 6.45) is 5.70. The molecule has 1 heterocycles. The van der Waals surface area contributed by atoms with Crippen LogP contribution in [0.1, 0.15) is 16.7 Å². The van der Waals surface area contributed by atoms with E-state index >= 15 is 0 Å². The van der Waals surface area contributed by atoms with E-state index in [0.29, 0.717) is 9.23 Å². The van der Waals surface area contributed by atoms with Crippen molar-refractivity contribution in [3.05, 3.63) is 82.3 Å². The summed E-state index contributed by atoms with van der Waals surface area (Å²) in [5, 5.41) is 0. The first kappa shape index (κ1) is 16.7. The molecular weight excluding hydrogens is 334 g/mol. The molecule has 0 aromatic heterocycles. The number of hydrogen-bond acceptors (Lipinski definition) is 3. The summed E-state index contributed by atoms with van der Waals surface area (Å²) in [6, 6.07) is 16.0. The second kappa shape index (κ2) is 7.16. The smallest absolute Gasteiger partial charge is 0.268 e. The second-order valence-electron chi connectivity index (χ2n) is 5.60. The number of anilines is 1. The molecule has 0 unspecified atom stereocenters. The maximum absolute atomic E-state index is 12.7. The Bertz CT molecular complexity index is 853. The average Bonchev–Trinajstić information content (AvgIpc) is 2.83. The molecule has 0 aliphatic carbocycles. The van der Waals surface area contributed by atoms with Gasteiger partial charge in [0, 0.05) is 0 Å². The molecule has 0 saturated carbocycles. The Kier molecular flexibility index (Phi) is 4.97. The van der Waals surface area contributed by atoms with E-state index in [1.807, 2.05) is 74.5 Å². The zero-order chi connectivity index (χ0) is 17.1. The van der Waals surface area contributed by atoms with Crippen molar-refractivity contribution in [3.63, 3.8) is 0 Å². The van der Waals surface area contributed by atoms with E-state index < -0.39 is 0 Å². The van der Waals surface area contributed by atoms with Gasteiger partial charge in [0.2, 0.25) is 0 Å². The Balaban J connectivity index is 1.84. The van der Waals surface area contributed by atoms with Gasteiger partial charge in [0.25, 0.3) is 5.91 Å². The maximum Gasteiger partial charge on any atom is 0.270 e. The number of hydrogen-bond donors (Lipinski definition) is 0. The molecule has 1 fully saturated rings. The van der Waals surface area contributed by atoms with Crippen LogP contribution in [0.5, 0.6) is 0 Å². The van der Waals surface area contributed by atoms with Crippen molar-refractivity contribution in [1.82, 2.24) is 0 Å². The minimum absolute atomic E-state index is 0.0605. The number of rotatable bonds is 3. The number of allylic oxidation sites excluding steroid dienone is 2. The summed E-state index contributed by atoms with van der Waals surface area (Å²) in [4.78, 5) is 15.0. The monoisotopic (exact) mass is 351 g/mol. The van der Waals surface area contributed by atoms with Crippen LogP contribution in [0, 0.1) is 13.8 Å².